The molecule has 4 rings (SSSR count). The van der Waals surface area contributed by atoms with Gasteiger partial charge in [0.15, 0.2) is 0 Å². The van der Waals surface area contributed by atoms with Crippen LogP contribution in [0.5, 0.6) is 17.4 Å². The molecule has 3 aromatic carbocycles. The van der Waals surface area contributed by atoms with E-state index in [1.54, 1.807) is 40.3 Å². The van der Waals surface area contributed by atoms with Gasteiger partial charge in [-0.3, -0.25) is 9.59 Å². The van der Waals surface area contributed by atoms with Crippen LogP contribution in [0.15, 0.2) is 72.9 Å². The predicted molar refractivity (Wildman–Crippen MR) is 177 cm³/mol. The Balaban J connectivity index is 1.47. The van der Waals surface area contributed by atoms with Crippen molar-refractivity contribution in [3.8, 4) is 28.5 Å². The van der Waals surface area contributed by atoms with E-state index in [9.17, 15) is 22.8 Å². The molecule has 0 unspecified atom stereocenters. The van der Waals surface area contributed by atoms with Gasteiger partial charge in [-0.05, 0) is 81.0 Å². The van der Waals surface area contributed by atoms with Gasteiger partial charge in [-0.1, -0.05) is 24.3 Å². The van der Waals surface area contributed by atoms with Crippen LogP contribution in [0.1, 0.15) is 40.9 Å². The number of likely N-dealkylation sites (N-methyl/N-ethyl adjacent to an activating group) is 1. The lowest BCUT2D eigenvalue weighted by molar-refractivity contribution is -0.137. The second kappa shape index (κ2) is 16.3. The van der Waals surface area contributed by atoms with E-state index in [1.165, 1.54) is 18.3 Å². The summed E-state index contributed by atoms with van der Waals surface area (Å²) < 4.78 is 73.0. The number of rotatable bonds is 14. The molecule has 0 bridgehead atoms. The number of hydrogen-bond donors (Lipinski definition) is 2. The van der Waals surface area contributed by atoms with E-state index in [0.29, 0.717) is 35.4 Å². The molecule has 0 radical (unpaired) electrons. The van der Waals surface area contributed by atoms with Gasteiger partial charge >= 0.3 is 6.18 Å². The third-order valence-corrected chi connectivity index (χ3v) is 7.65. The summed E-state index contributed by atoms with van der Waals surface area (Å²) >= 11 is 0. The number of carbonyl (C=O) groups excluding carboxylic acids is 2. The van der Waals surface area contributed by atoms with Gasteiger partial charge in [0.25, 0.3) is 5.91 Å². The molecule has 9 nitrogen and oxygen atoms in total. The molecule has 2 N–H and O–H groups in total. The minimum absolute atomic E-state index is 0.00855. The second-order valence-corrected chi connectivity index (χ2v) is 11.4. The maximum atomic E-state index is 15.3. The highest BCUT2D eigenvalue weighted by atomic mass is 19.4. The van der Waals surface area contributed by atoms with Crippen molar-refractivity contribution >= 4 is 17.5 Å². The fourth-order valence-electron chi connectivity index (χ4n) is 4.62. The molecule has 0 aliphatic rings. The lowest BCUT2D eigenvalue weighted by Gasteiger charge is -2.20. The topological polar surface area (TPSA) is 102 Å². The van der Waals surface area contributed by atoms with E-state index >= 15 is 4.39 Å². The van der Waals surface area contributed by atoms with Crippen molar-refractivity contribution in [2.75, 3.05) is 39.7 Å². The monoisotopic (exact) mass is 682 g/mol. The Hall–Kier alpha value is -5.17. The Morgan fingerprint density at radius 2 is 1.71 bits per heavy atom. The summed E-state index contributed by atoms with van der Waals surface area (Å²) in [5.41, 5.74) is 0.193. The van der Waals surface area contributed by atoms with E-state index in [1.807, 2.05) is 36.1 Å². The number of nitrogens with one attached hydrogen (secondary N) is 2. The number of ether oxygens (including phenoxy) is 3. The molecule has 0 saturated heterocycles. The highest BCUT2D eigenvalue weighted by Crippen LogP contribution is 2.34. The zero-order valence-electron chi connectivity index (χ0n) is 27.8. The Kier molecular flexibility index (Phi) is 12.2. The van der Waals surface area contributed by atoms with E-state index in [4.69, 9.17) is 14.2 Å². The number of halogens is 4. The lowest BCUT2D eigenvalue weighted by atomic mass is 10.0. The molecule has 1 heterocycles. The molecule has 49 heavy (non-hydrogen) atoms. The average molecular weight is 683 g/mol. The van der Waals surface area contributed by atoms with Crippen molar-refractivity contribution in [1.29, 1.82) is 0 Å². The number of amides is 2. The van der Waals surface area contributed by atoms with Crippen LogP contribution in [-0.2, 0) is 24.0 Å². The molecule has 1 atom stereocenters. The third-order valence-electron chi connectivity index (χ3n) is 7.65. The van der Waals surface area contributed by atoms with Crippen molar-refractivity contribution < 1.29 is 41.4 Å². The van der Waals surface area contributed by atoms with Gasteiger partial charge in [-0.2, -0.15) is 13.2 Å². The number of nitrogens with zero attached hydrogens (tertiary/aromatic N) is 2. The smallest absolute Gasteiger partial charge is 0.416 e. The van der Waals surface area contributed by atoms with Crippen LogP contribution in [-0.4, -0.2) is 62.1 Å². The van der Waals surface area contributed by atoms with Crippen LogP contribution >= 0.6 is 0 Å². The second-order valence-electron chi connectivity index (χ2n) is 11.4. The fourth-order valence-corrected chi connectivity index (χ4v) is 4.62. The van der Waals surface area contributed by atoms with Gasteiger partial charge < -0.3 is 29.7 Å². The molecule has 0 fully saturated rings. The number of aromatic nitrogens is 1. The van der Waals surface area contributed by atoms with Crippen molar-refractivity contribution in [2.24, 2.45) is 0 Å². The molecule has 0 spiro atoms. The summed E-state index contributed by atoms with van der Waals surface area (Å²) in [4.78, 5) is 31.7. The van der Waals surface area contributed by atoms with E-state index in [-0.39, 0.29) is 36.0 Å². The number of carbonyl (C=O) groups is 2. The van der Waals surface area contributed by atoms with Crippen molar-refractivity contribution in [3.63, 3.8) is 0 Å². The number of methoxy groups -OCH3 is 1. The van der Waals surface area contributed by atoms with Crippen molar-refractivity contribution in [1.82, 2.24) is 15.2 Å². The first-order chi connectivity index (χ1) is 23.3. The van der Waals surface area contributed by atoms with Gasteiger partial charge in [0, 0.05) is 41.7 Å². The van der Waals surface area contributed by atoms with Crippen LogP contribution in [0.25, 0.3) is 11.1 Å². The summed E-state index contributed by atoms with van der Waals surface area (Å²) in [6.07, 6.45) is -3.75. The van der Waals surface area contributed by atoms with Crippen molar-refractivity contribution in [2.45, 2.75) is 39.1 Å². The first-order valence-electron chi connectivity index (χ1n) is 15.4. The summed E-state index contributed by atoms with van der Waals surface area (Å²) in [5, 5.41) is 4.97. The number of anilines is 1. The largest absolute Gasteiger partial charge is 0.497 e. The molecule has 13 heteroatoms. The zero-order valence-corrected chi connectivity index (χ0v) is 27.8. The van der Waals surface area contributed by atoms with Gasteiger partial charge in [0.1, 0.15) is 23.9 Å². The molecule has 2 amide bonds. The molecular formula is C36H38F4N4O5. The summed E-state index contributed by atoms with van der Waals surface area (Å²) in [5.74, 6) is -0.777. The fraction of sp³-hybridized carbons (Fsp3) is 0.306. The molecule has 0 aliphatic heterocycles. The SMILES string of the molecule is CCOc1cc(OCc2ccc(OC)cc2)ncc1-c1ccc(CC(=O)Nc2cc(C(=O)NC[C@@H](C)N(C)C)cc(C(F)(F)F)c2)c(F)c1. The quantitative estimate of drug-likeness (QED) is 0.142. The minimum atomic E-state index is -4.77. The Morgan fingerprint density at radius 3 is 2.35 bits per heavy atom. The standard InChI is InChI=1S/C36H38F4N4O5/c1-6-48-32-18-34(49-21-23-7-11-29(47-5)12-8-23)41-20-30(32)24-9-10-25(31(37)15-24)16-33(45)43-28-14-26(13-27(17-28)36(38,39)40)35(46)42-19-22(2)44(3)4/h7-15,17-18,20,22H,6,16,19,21H2,1-5H3,(H,42,46)(H,43,45)/t22-/m1/s1. The van der Waals surface area contributed by atoms with E-state index in [2.05, 4.69) is 15.6 Å². The zero-order chi connectivity index (χ0) is 35.7. The normalized spacial score (nSPS) is 12.0. The van der Waals surface area contributed by atoms with Crippen LogP contribution < -0.4 is 24.8 Å². The Bertz CT molecular complexity index is 1760. The number of alkyl halides is 3. The molecular weight excluding hydrogens is 644 g/mol. The Morgan fingerprint density at radius 1 is 0.980 bits per heavy atom. The van der Waals surface area contributed by atoms with Gasteiger partial charge in [-0.25, -0.2) is 9.37 Å². The van der Waals surface area contributed by atoms with Crippen LogP contribution in [0, 0.1) is 5.82 Å². The summed E-state index contributed by atoms with van der Waals surface area (Å²) in [7, 11) is 5.19. The van der Waals surface area contributed by atoms with Gasteiger partial charge in [-0.15, -0.1) is 0 Å². The van der Waals surface area contributed by atoms with Crippen LogP contribution in [0.3, 0.4) is 0 Å². The predicted octanol–water partition coefficient (Wildman–Crippen LogP) is 6.75. The van der Waals surface area contributed by atoms with Crippen LogP contribution in [0.4, 0.5) is 23.2 Å². The molecule has 0 saturated carbocycles. The van der Waals surface area contributed by atoms with Gasteiger partial charge in [0.05, 0.1) is 25.7 Å². The highest BCUT2D eigenvalue weighted by molar-refractivity contribution is 5.98. The third kappa shape index (κ3) is 10.2. The molecule has 260 valence electrons. The first-order valence-corrected chi connectivity index (χ1v) is 15.4. The maximum absolute atomic E-state index is 15.3. The number of benzene rings is 3. The van der Waals surface area contributed by atoms with Crippen LogP contribution in [0.2, 0.25) is 0 Å². The first kappa shape index (κ1) is 36.7. The molecule has 1 aromatic heterocycles. The average Bonchev–Trinajstić information content (AvgIpc) is 3.06. The molecule has 4 aromatic rings. The minimum Gasteiger partial charge on any atom is -0.497 e. The maximum Gasteiger partial charge on any atom is 0.416 e. The molecule has 0 aliphatic carbocycles. The Labute approximate surface area is 282 Å². The van der Waals surface area contributed by atoms with E-state index < -0.39 is 35.8 Å². The highest BCUT2D eigenvalue weighted by Gasteiger charge is 2.32. The number of pyridine rings is 1. The van der Waals surface area contributed by atoms with Crippen molar-refractivity contribution in [3.05, 3.63) is 101 Å². The van der Waals surface area contributed by atoms with Gasteiger partial charge in [0.2, 0.25) is 11.8 Å². The van der Waals surface area contributed by atoms with E-state index in [0.717, 1.165) is 23.4 Å². The lowest BCUT2D eigenvalue weighted by Crippen LogP contribution is -2.38. The summed E-state index contributed by atoms with van der Waals surface area (Å²) in [6.45, 7) is 4.41. The number of hydrogen-bond acceptors (Lipinski definition) is 7. The summed E-state index contributed by atoms with van der Waals surface area (Å²) in [6, 6.07) is 15.7.